The Morgan fingerprint density at radius 3 is 2.96 bits per heavy atom. The molecule has 7 heteroatoms. The Bertz CT molecular complexity index is 733. The lowest BCUT2D eigenvalue weighted by Crippen LogP contribution is -2.29. The summed E-state index contributed by atoms with van der Waals surface area (Å²) in [5, 5.41) is 10.2. The first-order valence-corrected chi connectivity index (χ1v) is 10.3. The Kier molecular flexibility index (Phi) is 8.64. The van der Waals surface area contributed by atoms with Gasteiger partial charge in [0.2, 0.25) is 0 Å². The van der Waals surface area contributed by atoms with Crippen LogP contribution in [0.25, 0.3) is 0 Å². The fraction of sp³-hybridized carbons (Fsp3) is 0.500. The molecule has 5 nitrogen and oxygen atoms in total. The second-order valence-corrected chi connectivity index (χ2v) is 7.41. The Balaban J connectivity index is 2.29. The number of halogens is 1. The molecule has 0 saturated carbocycles. The monoisotopic (exact) mass is 390 g/mol. The number of amides is 1. The maximum absolute atomic E-state index is 14.6. The molecule has 0 bridgehead atoms. The van der Waals surface area contributed by atoms with Crippen LogP contribution in [0.2, 0.25) is 0 Å². The Morgan fingerprint density at radius 1 is 1.44 bits per heavy atom. The van der Waals surface area contributed by atoms with Crippen LogP contribution in [0.5, 0.6) is 0 Å². The van der Waals surface area contributed by atoms with Crippen LogP contribution in [0, 0.1) is 0 Å². The molecule has 0 fully saturated rings. The summed E-state index contributed by atoms with van der Waals surface area (Å²) in [7, 11) is 0. The number of allylic oxidation sites excluding steroid dienone is 1. The molecule has 0 spiro atoms. The number of alkyl halides is 1. The molecule has 146 valence electrons. The van der Waals surface area contributed by atoms with Crippen LogP contribution in [0.1, 0.15) is 63.8 Å². The van der Waals surface area contributed by atoms with Crippen molar-refractivity contribution in [1.29, 1.82) is 0 Å². The first-order valence-electron chi connectivity index (χ1n) is 9.36. The number of benzene rings is 1. The van der Waals surface area contributed by atoms with E-state index in [0.717, 1.165) is 23.4 Å². The van der Waals surface area contributed by atoms with Crippen molar-refractivity contribution in [2.24, 2.45) is 15.3 Å². The molecule has 1 aliphatic heterocycles. The van der Waals surface area contributed by atoms with Gasteiger partial charge in [0.1, 0.15) is 6.17 Å². The van der Waals surface area contributed by atoms with Gasteiger partial charge in [-0.15, -0.1) is 11.8 Å². The van der Waals surface area contributed by atoms with E-state index in [1.54, 1.807) is 18.2 Å². The number of unbranched alkanes of at least 4 members (excludes halogenated alkanes) is 1. The van der Waals surface area contributed by atoms with Crippen molar-refractivity contribution in [3.8, 4) is 0 Å². The fourth-order valence-corrected chi connectivity index (χ4v) is 3.47. The van der Waals surface area contributed by atoms with Gasteiger partial charge in [0.05, 0.1) is 23.7 Å². The molecular formula is C20H27FN4OS. The van der Waals surface area contributed by atoms with Crippen LogP contribution >= 0.6 is 11.8 Å². The maximum atomic E-state index is 14.6. The Labute approximate surface area is 164 Å². The van der Waals surface area contributed by atoms with E-state index in [4.69, 9.17) is 0 Å². The summed E-state index contributed by atoms with van der Waals surface area (Å²) in [4.78, 5) is 16.7. The third-order valence-electron chi connectivity index (χ3n) is 4.17. The summed E-state index contributed by atoms with van der Waals surface area (Å²) in [6, 6.07) is 5.36. The van der Waals surface area contributed by atoms with Crippen molar-refractivity contribution < 1.29 is 9.18 Å². The van der Waals surface area contributed by atoms with Crippen LogP contribution in [0.15, 0.2) is 45.8 Å². The van der Waals surface area contributed by atoms with E-state index in [9.17, 15) is 9.18 Å². The molecule has 2 rings (SSSR count). The van der Waals surface area contributed by atoms with E-state index in [2.05, 4.69) is 22.3 Å². The highest BCUT2D eigenvalue weighted by molar-refractivity contribution is 8.13. The highest BCUT2D eigenvalue weighted by Crippen LogP contribution is 2.35. The molecule has 27 heavy (non-hydrogen) atoms. The molecule has 1 aliphatic rings. The quantitative estimate of drug-likeness (QED) is 0.393. The summed E-state index contributed by atoms with van der Waals surface area (Å²) in [5.74, 6) is 0.399. The van der Waals surface area contributed by atoms with E-state index < -0.39 is 6.17 Å². The second kappa shape index (κ2) is 11.0. The molecule has 1 amide bonds. The average Bonchev–Trinajstić information content (AvgIpc) is 2.69. The van der Waals surface area contributed by atoms with Crippen molar-refractivity contribution in [3.05, 3.63) is 41.6 Å². The normalized spacial score (nSPS) is 16.4. The van der Waals surface area contributed by atoms with Crippen molar-refractivity contribution in [1.82, 2.24) is 0 Å². The van der Waals surface area contributed by atoms with Gasteiger partial charge in [-0.3, -0.25) is 9.79 Å². The predicted molar refractivity (Wildman–Crippen MR) is 111 cm³/mol. The number of hydrogen-bond acceptors (Lipinski definition) is 5. The van der Waals surface area contributed by atoms with Gasteiger partial charge in [-0.1, -0.05) is 43.7 Å². The van der Waals surface area contributed by atoms with E-state index in [0.29, 0.717) is 36.4 Å². The van der Waals surface area contributed by atoms with Crippen molar-refractivity contribution >= 4 is 28.4 Å². The molecule has 1 atom stereocenters. The SMILES string of the molecule is CCC/C=C\N=C(/C)SCc1c(C(F)CC)cccc1N1N=NCCC1=O. The van der Waals surface area contributed by atoms with Crippen LogP contribution < -0.4 is 5.01 Å². The lowest BCUT2D eigenvalue weighted by Gasteiger charge is -2.24. The van der Waals surface area contributed by atoms with Crippen molar-refractivity contribution in [2.75, 3.05) is 11.6 Å². The standard InChI is InChI=1S/C20H27FN4OS/c1-4-6-7-12-22-15(3)27-14-17-16(18(21)5-2)9-8-10-19(17)25-20(26)11-13-23-24-25/h7-10,12,18H,4-6,11,13-14H2,1-3H3/b12-7-,22-15+. The van der Waals surface area contributed by atoms with Crippen LogP contribution in [-0.2, 0) is 10.5 Å². The number of aliphatic imine (C=N–C) groups is 1. The lowest BCUT2D eigenvalue weighted by atomic mass is 10.0. The van der Waals surface area contributed by atoms with Gasteiger partial charge in [0, 0.05) is 12.0 Å². The molecular weight excluding hydrogens is 363 g/mol. The molecule has 0 aromatic heterocycles. The molecule has 1 unspecified atom stereocenters. The number of carbonyl (C=O) groups excluding carboxylic acids is 1. The Hall–Kier alpha value is -2.02. The molecule has 1 heterocycles. The summed E-state index contributed by atoms with van der Waals surface area (Å²) >= 11 is 1.53. The largest absolute Gasteiger partial charge is 0.272 e. The van der Waals surface area contributed by atoms with Crippen LogP contribution in [0.4, 0.5) is 10.1 Å². The van der Waals surface area contributed by atoms with Gasteiger partial charge < -0.3 is 0 Å². The molecule has 0 saturated heterocycles. The zero-order chi connectivity index (χ0) is 19.6. The van der Waals surface area contributed by atoms with Gasteiger partial charge in [-0.25, -0.2) is 4.39 Å². The number of carbonyl (C=O) groups is 1. The van der Waals surface area contributed by atoms with Gasteiger partial charge in [0.25, 0.3) is 5.91 Å². The molecule has 1 aromatic carbocycles. The van der Waals surface area contributed by atoms with E-state index in [-0.39, 0.29) is 5.91 Å². The first kappa shape index (κ1) is 21.3. The van der Waals surface area contributed by atoms with Gasteiger partial charge >= 0.3 is 0 Å². The zero-order valence-electron chi connectivity index (χ0n) is 16.2. The van der Waals surface area contributed by atoms with Crippen molar-refractivity contribution in [2.45, 2.75) is 58.4 Å². The van der Waals surface area contributed by atoms with Gasteiger partial charge in [0.15, 0.2) is 0 Å². The fourth-order valence-electron chi connectivity index (χ4n) is 2.67. The smallest absolute Gasteiger partial charge is 0.250 e. The highest BCUT2D eigenvalue weighted by atomic mass is 32.2. The third kappa shape index (κ3) is 5.99. The highest BCUT2D eigenvalue weighted by Gasteiger charge is 2.24. The number of rotatable bonds is 8. The number of anilines is 1. The first-order chi connectivity index (χ1) is 13.1. The summed E-state index contributed by atoms with van der Waals surface area (Å²) < 4.78 is 14.6. The molecule has 0 radical (unpaired) electrons. The van der Waals surface area contributed by atoms with E-state index in [1.165, 1.54) is 16.8 Å². The summed E-state index contributed by atoms with van der Waals surface area (Å²) in [6.07, 6.45) is 5.53. The van der Waals surface area contributed by atoms with E-state index in [1.807, 2.05) is 26.1 Å². The van der Waals surface area contributed by atoms with Crippen LogP contribution in [0.3, 0.4) is 0 Å². The summed E-state index contributed by atoms with van der Waals surface area (Å²) in [5.41, 5.74) is 1.99. The minimum Gasteiger partial charge on any atom is -0.272 e. The number of hydrogen-bond donors (Lipinski definition) is 0. The van der Waals surface area contributed by atoms with Crippen molar-refractivity contribution in [3.63, 3.8) is 0 Å². The number of thioether (sulfide) groups is 1. The molecule has 0 N–H and O–H groups in total. The minimum absolute atomic E-state index is 0.117. The maximum Gasteiger partial charge on any atom is 0.250 e. The third-order valence-corrected chi connectivity index (χ3v) is 5.12. The molecule has 1 aromatic rings. The second-order valence-electron chi connectivity index (χ2n) is 6.24. The minimum atomic E-state index is -1.08. The van der Waals surface area contributed by atoms with Gasteiger partial charge in [-0.2, -0.15) is 10.1 Å². The topological polar surface area (TPSA) is 57.4 Å². The summed E-state index contributed by atoms with van der Waals surface area (Å²) in [6.45, 7) is 6.26. The number of nitrogens with zero attached hydrogens (tertiary/aromatic N) is 4. The zero-order valence-corrected chi connectivity index (χ0v) is 17.0. The van der Waals surface area contributed by atoms with E-state index >= 15 is 0 Å². The average molecular weight is 391 g/mol. The Morgan fingerprint density at radius 2 is 2.26 bits per heavy atom. The molecule has 0 aliphatic carbocycles. The lowest BCUT2D eigenvalue weighted by molar-refractivity contribution is -0.119. The van der Waals surface area contributed by atoms with Gasteiger partial charge in [-0.05, 0) is 37.0 Å². The van der Waals surface area contributed by atoms with Crippen LogP contribution in [-0.4, -0.2) is 17.5 Å². The predicted octanol–water partition coefficient (Wildman–Crippen LogP) is 6.18.